The van der Waals surface area contributed by atoms with Crippen molar-refractivity contribution in [1.29, 1.82) is 0 Å². The van der Waals surface area contributed by atoms with Crippen molar-refractivity contribution in [3.63, 3.8) is 0 Å². The van der Waals surface area contributed by atoms with E-state index in [0.29, 0.717) is 11.6 Å². The number of anilines is 1. The highest BCUT2D eigenvalue weighted by atomic mass is 16.3. The maximum atomic E-state index is 5.97. The number of oxazole rings is 1. The van der Waals surface area contributed by atoms with Gasteiger partial charge in [-0.3, -0.25) is 0 Å². The number of hydrogen-bond acceptors (Lipinski definition) is 3. The Kier molecular flexibility index (Phi) is 2.54. The molecule has 1 heterocycles. The summed E-state index contributed by atoms with van der Waals surface area (Å²) in [5.74, 6) is 1.38. The quantitative estimate of drug-likeness (QED) is 0.759. The molecule has 0 bridgehead atoms. The van der Waals surface area contributed by atoms with Gasteiger partial charge in [0.25, 0.3) is 0 Å². The zero-order chi connectivity index (χ0) is 11.8. The first-order valence-electron chi connectivity index (χ1n) is 6.40. The summed E-state index contributed by atoms with van der Waals surface area (Å²) in [5.41, 5.74) is 9.47. The minimum Gasteiger partial charge on any atom is -0.438 e. The lowest BCUT2D eigenvalue weighted by molar-refractivity contribution is 0.373. The normalized spacial score (nSPS) is 17.7. The molecule has 0 unspecified atom stereocenters. The van der Waals surface area contributed by atoms with E-state index in [1.807, 2.05) is 19.1 Å². The van der Waals surface area contributed by atoms with Gasteiger partial charge in [-0.1, -0.05) is 19.3 Å². The van der Waals surface area contributed by atoms with Gasteiger partial charge in [0.05, 0.1) is 5.69 Å². The molecule has 90 valence electrons. The minimum absolute atomic E-state index is 0.496. The molecule has 0 radical (unpaired) electrons. The summed E-state index contributed by atoms with van der Waals surface area (Å²) in [6.45, 7) is 2.03. The Hall–Kier alpha value is -1.51. The van der Waals surface area contributed by atoms with E-state index in [1.54, 1.807) is 0 Å². The molecule has 1 aliphatic carbocycles. The summed E-state index contributed by atoms with van der Waals surface area (Å²) in [5, 5.41) is 0. The van der Waals surface area contributed by atoms with Gasteiger partial charge in [0.15, 0.2) is 11.5 Å². The molecule has 0 atom stereocenters. The Labute approximate surface area is 101 Å². The average molecular weight is 230 g/mol. The molecule has 1 aromatic heterocycles. The van der Waals surface area contributed by atoms with Crippen molar-refractivity contribution in [3.05, 3.63) is 23.6 Å². The minimum atomic E-state index is 0.496. The summed E-state index contributed by atoms with van der Waals surface area (Å²) in [7, 11) is 0. The second-order valence-corrected chi connectivity index (χ2v) is 5.09. The Morgan fingerprint density at radius 3 is 2.76 bits per heavy atom. The van der Waals surface area contributed by atoms with Crippen LogP contribution in [-0.4, -0.2) is 4.98 Å². The second-order valence-electron chi connectivity index (χ2n) is 5.09. The first kappa shape index (κ1) is 10.6. The molecule has 17 heavy (non-hydrogen) atoms. The van der Waals surface area contributed by atoms with Crippen LogP contribution in [0.1, 0.15) is 49.5 Å². The fraction of sp³-hybridized carbons (Fsp3) is 0.500. The molecule has 0 aliphatic heterocycles. The van der Waals surface area contributed by atoms with Crippen molar-refractivity contribution >= 4 is 16.8 Å². The molecule has 0 amide bonds. The predicted molar refractivity (Wildman–Crippen MR) is 69.0 cm³/mol. The molecule has 1 saturated carbocycles. The predicted octanol–water partition coefficient (Wildman–Crippen LogP) is 3.77. The third kappa shape index (κ3) is 1.90. The van der Waals surface area contributed by atoms with Crippen LogP contribution in [0, 0.1) is 6.92 Å². The molecule has 1 aliphatic rings. The molecule has 3 rings (SSSR count). The van der Waals surface area contributed by atoms with E-state index in [2.05, 4.69) is 4.98 Å². The van der Waals surface area contributed by atoms with Crippen LogP contribution in [0.15, 0.2) is 16.5 Å². The number of nitrogens with two attached hydrogens (primary N) is 1. The number of fused-ring (bicyclic) bond motifs is 1. The largest absolute Gasteiger partial charge is 0.438 e. The van der Waals surface area contributed by atoms with E-state index in [1.165, 1.54) is 32.1 Å². The zero-order valence-corrected chi connectivity index (χ0v) is 10.2. The van der Waals surface area contributed by atoms with Crippen molar-refractivity contribution in [3.8, 4) is 0 Å². The molecule has 0 spiro atoms. The Morgan fingerprint density at radius 1 is 1.24 bits per heavy atom. The topological polar surface area (TPSA) is 52.0 Å². The zero-order valence-electron chi connectivity index (χ0n) is 10.2. The van der Waals surface area contributed by atoms with Gasteiger partial charge in [-0.15, -0.1) is 0 Å². The molecule has 1 fully saturated rings. The van der Waals surface area contributed by atoms with Crippen LogP contribution in [0.4, 0.5) is 5.69 Å². The third-order valence-electron chi connectivity index (χ3n) is 3.63. The lowest BCUT2D eigenvalue weighted by Crippen LogP contribution is -2.04. The lowest BCUT2D eigenvalue weighted by atomic mass is 9.89. The highest BCUT2D eigenvalue weighted by Gasteiger charge is 2.21. The molecule has 1 aromatic carbocycles. The smallest absolute Gasteiger partial charge is 0.198 e. The van der Waals surface area contributed by atoms with Gasteiger partial charge < -0.3 is 10.2 Å². The Morgan fingerprint density at radius 2 is 2.00 bits per heavy atom. The van der Waals surface area contributed by atoms with Crippen molar-refractivity contribution < 1.29 is 4.42 Å². The van der Waals surface area contributed by atoms with E-state index < -0.39 is 0 Å². The number of nitrogens with zero attached hydrogens (tertiary/aromatic N) is 1. The summed E-state index contributed by atoms with van der Waals surface area (Å²) in [6, 6.07) is 3.99. The van der Waals surface area contributed by atoms with E-state index in [4.69, 9.17) is 10.2 Å². The van der Waals surface area contributed by atoms with Crippen molar-refractivity contribution in [2.24, 2.45) is 0 Å². The van der Waals surface area contributed by atoms with Gasteiger partial charge in [-0.05, 0) is 37.5 Å². The van der Waals surface area contributed by atoms with Gasteiger partial charge in [0.2, 0.25) is 0 Å². The maximum absolute atomic E-state index is 5.97. The van der Waals surface area contributed by atoms with Gasteiger partial charge in [-0.2, -0.15) is 0 Å². The summed E-state index contributed by atoms with van der Waals surface area (Å²) in [6.07, 6.45) is 6.32. The first-order valence-corrected chi connectivity index (χ1v) is 6.40. The number of aromatic nitrogens is 1. The highest BCUT2D eigenvalue weighted by molar-refractivity contribution is 5.85. The standard InChI is InChI=1S/C14H18N2O/c1-9-7-11(15)13-12(8-9)16-14(17-13)10-5-3-2-4-6-10/h7-8,10H,2-6,15H2,1H3. The van der Waals surface area contributed by atoms with E-state index in [9.17, 15) is 0 Å². The van der Waals surface area contributed by atoms with Gasteiger partial charge in [0, 0.05) is 5.92 Å². The number of benzene rings is 1. The molecule has 0 saturated heterocycles. The second kappa shape index (κ2) is 4.06. The Balaban J connectivity index is 2.03. The molecule has 2 N–H and O–H groups in total. The van der Waals surface area contributed by atoms with Crippen LogP contribution >= 0.6 is 0 Å². The van der Waals surface area contributed by atoms with E-state index in [0.717, 1.165) is 22.6 Å². The number of rotatable bonds is 1. The average Bonchev–Trinajstić information content (AvgIpc) is 2.74. The number of hydrogen-bond donors (Lipinski definition) is 1. The van der Waals surface area contributed by atoms with Crippen LogP contribution in [0.5, 0.6) is 0 Å². The van der Waals surface area contributed by atoms with Gasteiger partial charge in [0.1, 0.15) is 5.52 Å². The fourth-order valence-electron chi connectivity index (χ4n) is 2.75. The number of nitrogen functional groups attached to an aromatic ring is 1. The Bertz CT molecular complexity index is 538. The molecule has 3 nitrogen and oxygen atoms in total. The van der Waals surface area contributed by atoms with Crippen LogP contribution < -0.4 is 5.73 Å². The first-order chi connectivity index (χ1) is 8.24. The summed E-state index contributed by atoms with van der Waals surface area (Å²) < 4.78 is 5.86. The number of aryl methyl sites for hydroxylation is 1. The van der Waals surface area contributed by atoms with E-state index in [-0.39, 0.29) is 0 Å². The van der Waals surface area contributed by atoms with Crippen LogP contribution in [-0.2, 0) is 0 Å². The van der Waals surface area contributed by atoms with Crippen LogP contribution in [0.25, 0.3) is 11.1 Å². The SMILES string of the molecule is Cc1cc(N)c2oc(C3CCCCC3)nc2c1. The molecular formula is C14H18N2O. The van der Waals surface area contributed by atoms with E-state index >= 15 is 0 Å². The maximum Gasteiger partial charge on any atom is 0.198 e. The third-order valence-corrected chi connectivity index (χ3v) is 3.63. The van der Waals surface area contributed by atoms with Crippen molar-refractivity contribution in [2.75, 3.05) is 5.73 Å². The van der Waals surface area contributed by atoms with Crippen molar-refractivity contribution in [2.45, 2.75) is 44.9 Å². The highest BCUT2D eigenvalue weighted by Crippen LogP contribution is 2.35. The molecular weight excluding hydrogens is 212 g/mol. The van der Waals surface area contributed by atoms with Crippen LogP contribution in [0.3, 0.4) is 0 Å². The summed E-state index contributed by atoms with van der Waals surface area (Å²) in [4.78, 5) is 4.61. The monoisotopic (exact) mass is 230 g/mol. The van der Waals surface area contributed by atoms with Crippen LogP contribution in [0.2, 0.25) is 0 Å². The summed E-state index contributed by atoms with van der Waals surface area (Å²) >= 11 is 0. The molecule has 3 heteroatoms. The van der Waals surface area contributed by atoms with Crippen molar-refractivity contribution in [1.82, 2.24) is 4.98 Å². The lowest BCUT2D eigenvalue weighted by Gasteiger charge is -2.17. The fourth-order valence-corrected chi connectivity index (χ4v) is 2.75. The van der Waals surface area contributed by atoms with Gasteiger partial charge >= 0.3 is 0 Å². The molecule has 2 aromatic rings. The van der Waals surface area contributed by atoms with Gasteiger partial charge in [-0.25, -0.2) is 4.98 Å².